The van der Waals surface area contributed by atoms with Crippen LogP contribution in [-0.2, 0) is 4.74 Å². The molecule has 34 heavy (non-hydrogen) atoms. The van der Waals surface area contributed by atoms with Crippen LogP contribution in [-0.4, -0.2) is 68.6 Å². The number of aryl methyl sites for hydroxylation is 1. The lowest BCUT2D eigenvalue weighted by Crippen LogP contribution is -2.56. The van der Waals surface area contributed by atoms with Crippen LogP contribution >= 0.6 is 11.6 Å². The number of benzene rings is 1. The molecule has 0 aromatic heterocycles. The van der Waals surface area contributed by atoms with Crippen LogP contribution in [0, 0.1) is 18.8 Å². The Bertz CT molecular complexity index is 918. The maximum absolute atomic E-state index is 12.5. The number of carbonyl (C=O) groups is 1. The maximum atomic E-state index is 12.5. The molecule has 1 heterocycles. The summed E-state index contributed by atoms with van der Waals surface area (Å²) in [7, 11) is 4.22. The largest absolute Gasteiger partial charge is 0.494 e. The van der Waals surface area contributed by atoms with E-state index in [0.29, 0.717) is 35.0 Å². The SMILES string of the molecule is CC1=C(C)C(C(C)N2CC(CNC(=O)c3ccc(C)c(Cl)c3)C2)CC=C1OCCCCN(C)C. The highest BCUT2D eigenvalue weighted by Gasteiger charge is 2.35. The molecule has 2 unspecified atom stereocenters. The van der Waals surface area contributed by atoms with E-state index in [1.807, 2.05) is 19.1 Å². The Labute approximate surface area is 211 Å². The zero-order valence-electron chi connectivity index (χ0n) is 21.8. The molecule has 5 nitrogen and oxygen atoms in total. The Kier molecular flexibility index (Phi) is 9.64. The van der Waals surface area contributed by atoms with Crippen molar-refractivity contribution in [3.63, 3.8) is 0 Å². The number of rotatable bonds is 11. The number of hydrogen-bond acceptors (Lipinski definition) is 4. The van der Waals surface area contributed by atoms with E-state index in [0.717, 1.165) is 56.8 Å². The van der Waals surface area contributed by atoms with E-state index in [2.05, 4.69) is 56.1 Å². The molecule has 1 aliphatic heterocycles. The molecule has 2 aliphatic rings. The van der Waals surface area contributed by atoms with Gasteiger partial charge in [0.2, 0.25) is 0 Å². The van der Waals surface area contributed by atoms with Crippen LogP contribution in [0.2, 0.25) is 5.02 Å². The number of unbranched alkanes of at least 4 members (excludes halogenated alkanes) is 1. The van der Waals surface area contributed by atoms with Gasteiger partial charge >= 0.3 is 0 Å². The maximum Gasteiger partial charge on any atom is 0.251 e. The summed E-state index contributed by atoms with van der Waals surface area (Å²) in [6.45, 7) is 13.4. The quantitative estimate of drug-likeness (QED) is 0.430. The van der Waals surface area contributed by atoms with Crippen molar-refractivity contribution in [3.8, 4) is 0 Å². The second-order valence-electron chi connectivity index (χ2n) is 10.3. The zero-order chi connectivity index (χ0) is 24.8. The van der Waals surface area contributed by atoms with Gasteiger partial charge in [-0.1, -0.05) is 23.2 Å². The van der Waals surface area contributed by atoms with Gasteiger partial charge in [0.15, 0.2) is 0 Å². The summed E-state index contributed by atoms with van der Waals surface area (Å²) in [5.74, 6) is 2.05. The van der Waals surface area contributed by atoms with Crippen LogP contribution < -0.4 is 5.32 Å². The monoisotopic (exact) mass is 487 g/mol. The average Bonchev–Trinajstić information content (AvgIpc) is 2.76. The number of nitrogens with one attached hydrogen (secondary N) is 1. The third-order valence-electron chi connectivity index (χ3n) is 7.46. The number of likely N-dealkylation sites (tertiary alicyclic amines) is 1. The number of halogens is 1. The lowest BCUT2D eigenvalue weighted by molar-refractivity contribution is 0.0389. The first-order valence-corrected chi connectivity index (χ1v) is 13.0. The second kappa shape index (κ2) is 12.2. The predicted octanol–water partition coefficient (Wildman–Crippen LogP) is 5.30. The fraction of sp³-hybridized carbons (Fsp3) is 0.607. The van der Waals surface area contributed by atoms with Gasteiger partial charge in [-0.3, -0.25) is 9.69 Å². The van der Waals surface area contributed by atoms with Crippen molar-refractivity contribution >= 4 is 17.5 Å². The fourth-order valence-electron chi connectivity index (χ4n) is 4.87. The van der Waals surface area contributed by atoms with E-state index in [9.17, 15) is 4.79 Å². The van der Waals surface area contributed by atoms with Gasteiger partial charge in [0.05, 0.1) is 6.61 Å². The molecule has 1 N–H and O–H groups in total. The molecule has 1 fully saturated rings. The van der Waals surface area contributed by atoms with Gasteiger partial charge in [-0.05, 0) is 103 Å². The van der Waals surface area contributed by atoms with Gasteiger partial charge in [0.25, 0.3) is 5.91 Å². The van der Waals surface area contributed by atoms with Gasteiger partial charge in [-0.2, -0.15) is 0 Å². The van der Waals surface area contributed by atoms with E-state index in [4.69, 9.17) is 16.3 Å². The molecule has 0 bridgehead atoms. The first-order valence-electron chi connectivity index (χ1n) is 12.6. The van der Waals surface area contributed by atoms with Gasteiger partial charge < -0.3 is 15.0 Å². The third-order valence-corrected chi connectivity index (χ3v) is 7.87. The number of hydrogen-bond donors (Lipinski definition) is 1. The Morgan fingerprint density at radius 3 is 2.65 bits per heavy atom. The Morgan fingerprint density at radius 2 is 1.97 bits per heavy atom. The minimum absolute atomic E-state index is 0.0468. The highest BCUT2D eigenvalue weighted by molar-refractivity contribution is 6.31. The van der Waals surface area contributed by atoms with Gasteiger partial charge in [-0.25, -0.2) is 0 Å². The highest BCUT2D eigenvalue weighted by Crippen LogP contribution is 2.36. The molecule has 1 aromatic rings. The Hall–Kier alpha value is -1.82. The van der Waals surface area contributed by atoms with Crippen molar-refractivity contribution < 1.29 is 9.53 Å². The summed E-state index contributed by atoms with van der Waals surface area (Å²) >= 11 is 6.16. The molecule has 1 saturated heterocycles. The lowest BCUT2D eigenvalue weighted by atomic mass is 9.80. The normalized spacial score (nSPS) is 20.2. The molecule has 0 saturated carbocycles. The van der Waals surface area contributed by atoms with E-state index >= 15 is 0 Å². The van der Waals surface area contributed by atoms with Crippen LogP contribution in [0.5, 0.6) is 0 Å². The van der Waals surface area contributed by atoms with Crippen molar-refractivity contribution in [1.82, 2.24) is 15.1 Å². The van der Waals surface area contributed by atoms with E-state index in [1.165, 1.54) is 11.1 Å². The van der Waals surface area contributed by atoms with Crippen LogP contribution in [0.3, 0.4) is 0 Å². The minimum Gasteiger partial charge on any atom is -0.494 e. The van der Waals surface area contributed by atoms with Crippen molar-refractivity contribution in [2.24, 2.45) is 11.8 Å². The van der Waals surface area contributed by atoms with Gasteiger partial charge in [-0.15, -0.1) is 0 Å². The standard InChI is InChI=1S/C28H42ClN3O2/c1-19-9-10-24(15-26(19)29)28(33)30-16-23-17-32(18-23)22(4)25-11-12-27(21(3)20(25)2)34-14-8-7-13-31(5)6/h9-10,12,15,22-23,25H,7-8,11,13-14,16-18H2,1-6H3,(H,30,33). The summed E-state index contributed by atoms with van der Waals surface area (Å²) in [6, 6.07) is 5.96. The first kappa shape index (κ1) is 26.8. The molecule has 0 spiro atoms. The summed E-state index contributed by atoms with van der Waals surface area (Å²) in [5, 5.41) is 3.71. The average molecular weight is 488 g/mol. The summed E-state index contributed by atoms with van der Waals surface area (Å²) in [4.78, 5) is 17.2. The number of amides is 1. The summed E-state index contributed by atoms with van der Waals surface area (Å²) in [5.41, 5.74) is 4.36. The molecule has 3 rings (SSSR count). The molecule has 0 radical (unpaired) electrons. The first-order chi connectivity index (χ1) is 16.2. The lowest BCUT2D eigenvalue weighted by Gasteiger charge is -2.46. The smallest absolute Gasteiger partial charge is 0.251 e. The van der Waals surface area contributed by atoms with Crippen molar-refractivity contribution in [1.29, 1.82) is 0 Å². The molecule has 188 valence electrons. The highest BCUT2D eigenvalue weighted by atomic mass is 35.5. The van der Waals surface area contributed by atoms with Crippen molar-refractivity contribution in [2.75, 3.05) is 46.9 Å². The predicted molar refractivity (Wildman–Crippen MR) is 141 cm³/mol. The Morgan fingerprint density at radius 1 is 1.24 bits per heavy atom. The number of ether oxygens (including phenoxy) is 1. The topological polar surface area (TPSA) is 44.8 Å². The van der Waals surface area contributed by atoms with Gasteiger partial charge in [0.1, 0.15) is 5.76 Å². The van der Waals surface area contributed by atoms with Gasteiger partial charge in [0, 0.05) is 42.2 Å². The third kappa shape index (κ3) is 6.87. The van der Waals surface area contributed by atoms with Crippen LogP contribution in [0.4, 0.5) is 0 Å². The van der Waals surface area contributed by atoms with Crippen LogP contribution in [0.25, 0.3) is 0 Å². The molecule has 1 aliphatic carbocycles. The molecule has 6 heteroatoms. The van der Waals surface area contributed by atoms with Crippen LogP contribution in [0.1, 0.15) is 56.0 Å². The van der Waals surface area contributed by atoms with Crippen molar-refractivity contribution in [2.45, 2.75) is 53.0 Å². The van der Waals surface area contributed by atoms with E-state index < -0.39 is 0 Å². The van der Waals surface area contributed by atoms with Crippen molar-refractivity contribution in [3.05, 3.63) is 57.3 Å². The summed E-state index contributed by atoms with van der Waals surface area (Å²) in [6.07, 6.45) is 5.57. The molecule has 1 aromatic carbocycles. The summed E-state index contributed by atoms with van der Waals surface area (Å²) < 4.78 is 6.12. The molecule has 2 atom stereocenters. The molecular weight excluding hydrogens is 446 g/mol. The minimum atomic E-state index is -0.0468. The fourth-order valence-corrected chi connectivity index (χ4v) is 5.05. The number of allylic oxidation sites excluding steroid dienone is 2. The van der Waals surface area contributed by atoms with E-state index in [1.54, 1.807) is 6.07 Å². The Balaban J connectivity index is 1.41. The molecule has 1 amide bonds. The zero-order valence-corrected chi connectivity index (χ0v) is 22.5. The van der Waals surface area contributed by atoms with E-state index in [-0.39, 0.29) is 5.91 Å². The number of carbonyl (C=O) groups excluding carboxylic acids is 1. The van der Waals surface area contributed by atoms with Crippen LogP contribution in [0.15, 0.2) is 41.2 Å². The second-order valence-corrected chi connectivity index (χ2v) is 10.7. The molecular formula is C28H42ClN3O2. The number of nitrogens with zero attached hydrogens (tertiary/aromatic N) is 2.